The van der Waals surface area contributed by atoms with E-state index in [0.717, 1.165) is 25.1 Å². The fourth-order valence-electron chi connectivity index (χ4n) is 2.20. The normalized spacial score (nSPS) is 25.4. The molecule has 0 saturated carbocycles. The van der Waals surface area contributed by atoms with E-state index in [1.165, 1.54) is 0 Å². The Hall–Kier alpha value is -1.58. The predicted molar refractivity (Wildman–Crippen MR) is 60.3 cm³/mol. The van der Waals surface area contributed by atoms with Gasteiger partial charge in [-0.1, -0.05) is 0 Å². The van der Waals surface area contributed by atoms with Crippen molar-refractivity contribution in [2.75, 3.05) is 11.4 Å². The number of carboxylic acid groups (broad SMARTS) is 1. The Morgan fingerprint density at radius 2 is 2.44 bits per heavy atom. The van der Waals surface area contributed by atoms with E-state index in [1.807, 2.05) is 17.0 Å². The number of hydrogen-bond donors (Lipinski definition) is 1. The molecule has 0 bridgehead atoms. The molecule has 0 amide bonds. The third kappa shape index (κ3) is 1.75. The van der Waals surface area contributed by atoms with Crippen LogP contribution in [0, 0.1) is 6.20 Å². The fraction of sp³-hybridized carbons (Fsp3) is 0.500. The van der Waals surface area contributed by atoms with Crippen LogP contribution in [0.1, 0.15) is 26.2 Å². The van der Waals surface area contributed by atoms with Crippen LogP contribution in [0.2, 0.25) is 0 Å². The molecule has 1 unspecified atom stereocenters. The summed E-state index contributed by atoms with van der Waals surface area (Å²) >= 11 is 0. The first-order valence-electron chi connectivity index (χ1n) is 5.48. The van der Waals surface area contributed by atoms with Crippen LogP contribution in [-0.2, 0) is 4.79 Å². The highest BCUT2D eigenvalue weighted by molar-refractivity contribution is 5.83. The minimum atomic E-state index is -0.822. The van der Waals surface area contributed by atoms with Gasteiger partial charge in [-0.15, -0.1) is 0 Å². The summed E-state index contributed by atoms with van der Waals surface area (Å²) in [6.07, 6.45) is 7.15. The maximum absolute atomic E-state index is 11.4. The van der Waals surface area contributed by atoms with E-state index in [1.54, 1.807) is 13.1 Å². The summed E-state index contributed by atoms with van der Waals surface area (Å²) in [5.41, 5.74) is -0.0512. The molecule has 2 rings (SSSR count). The van der Waals surface area contributed by atoms with E-state index < -0.39 is 11.5 Å². The minimum absolute atomic E-state index is 0.672. The van der Waals surface area contributed by atoms with Crippen molar-refractivity contribution in [1.82, 2.24) is 4.98 Å². The summed E-state index contributed by atoms with van der Waals surface area (Å²) in [4.78, 5) is 17.2. The van der Waals surface area contributed by atoms with Crippen LogP contribution in [0.4, 0.5) is 5.69 Å². The van der Waals surface area contributed by atoms with Crippen molar-refractivity contribution in [3.63, 3.8) is 0 Å². The molecular weight excluding hydrogens is 204 g/mol. The first-order valence-corrected chi connectivity index (χ1v) is 5.48. The van der Waals surface area contributed by atoms with Crippen molar-refractivity contribution in [3.05, 3.63) is 24.5 Å². The number of nitrogens with zero attached hydrogens (tertiary/aromatic N) is 2. The number of aromatic nitrogens is 1. The topological polar surface area (TPSA) is 53.4 Å². The maximum atomic E-state index is 11.4. The zero-order valence-electron chi connectivity index (χ0n) is 9.31. The van der Waals surface area contributed by atoms with Crippen molar-refractivity contribution < 1.29 is 9.90 Å². The van der Waals surface area contributed by atoms with E-state index in [2.05, 4.69) is 11.2 Å². The number of rotatable bonds is 2. The molecule has 16 heavy (non-hydrogen) atoms. The molecular formula is C12H15N2O2. The Morgan fingerprint density at radius 1 is 1.62 bits per heavy atom. The average Bonchev–Trinajstić information content (AvgIpc) is 2.30. The molecule has 1 aromatic heterocycles. The summed E-state index contributed by atoms with van der Waals surface area (Å²) < 4.78 is 0. The lowest BCUT2D eigenvalue weighted by atomic mass is 9.88. The van der Waals surface area contributed by atoms with Crippen LogP contribution in [-0.4, -0.2) is 28.1 Å². The highest BCUT2D eigenvalue weighted by Gasteiger charge is 2.41. The number of carboxylic acids is 1. The standard InChI is InChI=1S/C12H15N2O2/c1-12(11(15)16)6-2-3-8-14(12)10-5-4-7-13-9-10/h4-5,7H,2-3,6,8H2,1H3,(H,15,16). The van der Waals surface area contributed by atoms with Gasteiger partial charge in [0.2, 0.25) is 0 Å². The summed E-state index contributed by atoms with van der Waals surface area (Å²) in [5, 5.41) is 9.35. The second-order valence-electron chi connectivity index (χ2n) is 4.32. The average molecular weight is 219 g/mol. The summed E-state index contributed by atoms with van der Waals surface area (Å²) in [6.45, 7) is 2.53. The van der Waals surface area contributed by atoms with Crippen LogP contribution in [0.3, 0.4) is 0 Å². The quantitative estimate of drug-likeness (QED) is 0.822. The third-order valence-electron chi connectivity index (χ3n) is 3.24. The molecule has 4 nitrogen and oxygen atoms in total. The largest absolute Gasteiger partial charge is 0.480 e. The van der Waals surface area contributed by atoms with Crippen LogP contribution in [0.5, 0.6) is 0 Å². The molecule has 0 aliphatic carbocycles. The van der Waals surface area contributed by atoms with Gasteiger partial charge >= 0.3 is 5.97 Å². The first-order chi connectivity index (χ1) is 7.64. The smallest absolute Gasteiger partial charge is 0.329 e. The van der Waals surface area contributed by atoms with Gasteiger partial charge in [-0.25, -0.2) is 4.79 Å². The van der Waals surface area contributed by atoms with E-state index in [9.17, 15) is 9.90 Å². The van der Waals surface area contributed by atoms with Gasteiger partial charge in [-0.3, -0.25) is 4.98 Å². The van der Waals surface area contributed by atoms with Crippen LogP contribution < -0.4 is 4.90 Å². The number of pyridine rings is 1. The Balaban J connectivity index is 2.34. The summed E-state index contributed by atoms with van der Waals surface area (Å²) in [6, 6.07) is 3.67. The van der Waals surface area contributed by atoms with Crippen molar-refractivity contribution in [3.8, 4) is 0 Å². The van der Waals surface area contributed by atoms with Gasteiger partial charge < -0.3 is 10.0 Å². The van der Waals surface area contributed by atoms with Crippen molar-refractivity contribution in [2.24, 2.45) is 0 Å². The molecule has 1 saturated heterocycles. The SMILES string of the molecule is CC1(C(=O)O)CCCCN1c1[c]nccc1. The van der Waals surface area contributed by atoms with Crippen molar-refractivity contribution >= 4 is 11.7 Å². The third-order valence-corrected chi connectivity index (χ3v) is 3.24. The molecule has 2 heterocycles. The van der Waals surface area contributed by atoms with Gasteiger partial charge in [0, 0.05) is 12.7 Å². The van der Waals surface area contributed by atoms with Crippen LogP contribution in [0.25, 0.3) is 0 Å². The molecule has 1 N–H and O–H groups in total. The fourth-order valence-corrected chi connectivity index (χ4v) is 2.20. The molecule has 4 heteroatoms. The number of anilines is 1. The van der Waals surface area contributed by atoms with Crippen LogP contribution >= 0.6 is 0 Å². The monoisotopic (exact) mass is 219 g/mol. The second kappa shape index (κ2) is 4.12. The Bertz CT molecular complexity index is 380. The number of aliphatic carboxylic acids is 1. The minimum Gasteiger partial charge on any atom is -0.480 e. The second-order valence-corrected chi connectivity index (χ2v) is 4.32. The van der Waals surface area contributed by atoms with Gasteiger partial charge in [-0.2, -0.15) is 0 Å². The maximum Gasteiger partial charge on any atom is 0.329 e. The summed E-state index contributed by atoms with van der Waals surface area (Å²) in [7, 11) is 0. The molecule has 1 aliphatic heterocycles. The Kier molecular flexibility index (Phi) is 2.81. The molecule has 1 aromatic rings. The lowest BCUT2D eigenvalue weighted by Gasteiger charge is -2.42. The van der Waals surface area contributed by atoms with Gasteiger partial charge in [-0.05, 0) is 38.3 Å². The van der Waals surface area contributed by atoms with Gasteiger partial charge in [0.1, 0.15) is 11.7 Å². The van der Waals surface area contributed by atoms with Crippen molar-refractivity contribution in [2.45, 2.75) is 31.7 Å². The highest BCUT2D eigenvalue weighted by Crippen LogP contribution is 2.32. The van der Waals surface area contributed by atoms with E-state index >= 15 is 0 Å². The molecule has 1 radical (unpaired) electrons. The Labute approximate surface area is 94.9 Å². The molecule has 1 atom stereocenters. The highest BCUT2D eigenvalue weighted by atomic mass is 16.4. The summed E-state index contributed by atoms with van der Waals surface area (Å²) in [5.74, 6) is -0.774. The van der Waals surface area contributed by atoms with Gasteiger partial charge in [0.25, 0.3) is 0 Å². The number of hydrogen-bond acceptors (Lipinski definition) is 3. The lowest BCUT2D eigenvalue weighted by Crippen LogP contribution is -2.55. The van der Waals surface area contributed by atoms with E-state index in [0.29, 0.717) is 6.42 Å². The zero-order valence-corrected chi connectivity index (χ0v) is 9.31. The van der Waals surface area contributed by atoms with E-state index in [4.69, 9.17) is 0 Å². The molecule has 1 fully saturated rings. The van der Waals surface area contributed by atoms with Gasteiger partial charge in [0.05, 0.1) is 5.69 Å². The van der Waals surface area contributed by atoms with Gasteiger partial charge in [0.15, 0.2) is 0 Å². The molecule has 1 aliphatic rings. The zero-order chi connectivity index (χ0) is 11.6. The number of piperidine rings is 1. The Morgan fingerprint density at radius 3 is 3.06 bits per heavy atom. The molecule has 0 aromatic carbocycles. The first kappa shape index (κ1) is 10.9. The van der Waals surface area contributed by atoms with E-state index in [-0.39, 0.29) is 0 Å². The predicted octanol–water partition coefficient (Wildman–Crippen LogP) is 1.72. The number of carbonyl (C=O) groups is 1. The molecule has 0 spiro atoms. The van der Waals surface area contributed by atoms with Crippen molar-refractivity contribution in [1.29, 1.82) is 0 Å². The lowest BCUT2D eigenvalue weighted by molar-refractivity contribution is -0.143. The molecule has 85 valence electrons. The van der Waals surface area contributed by atoms with Crippen LogP contribution in [0.15, 0.2) is 18.3 Å².